The summed E-state index contributed by atoms with van der Waals surface area (Å²) < 4.78 is 49.3. The van der Waals surface area contributed by atoms with Crippen LogP contribution in [0, 0.1) is 5.82 Å². The maximum absolute atomic E-state index is 13.6. The van der Waals surface area contributed by atoms with Gasteiger partial charge in [-0.25, -0.2) is 12.8 Å². The summed E-state index contributed by atoms with van der Waals surface area (Å²) in [7, 11) is -3.69. The number of sulfone groups is 1. The molecule has 1 saturated heterocycles. The van der Waals surface area contributed by atoms with Crippen LogP contribution in [0.4, 0.5) is 4.39 Å². The van der Waals surface area contributed by atoms with Crippen molar-refractivity contribution in [2.75, 3.05) is 39.5 Å². The molecule has 6 nitrogen and oxygen atoms in total. The second kappa shape index (κ2) is 11.3. The van der Waals surface area contributed by atoms with Gasteiger partial charge in [-0.05, 0) is 48.9 Å². The third-order valence-corrected chi connectivity index (χ3v) is 5.76. The van der Waals surface area contributed by atoms with E-state index in [4.69, 9.17) is 9.47 Å². The molecule has 29 heavy (non-hydrogen) atoms. The number of benzene rings is 1. The van der Waals surface area contributed by atoms with Crippen LogP contribution in [0.3, 0.4) is 0 Å². The first-order chi connectivity index (χ1) is 13.5. The summed E-state index contributed by atoms with van der Waals surface area (Å²) >= 11 is 0. The largest absolute Gasteiger partial charge is 0.494 e. The minimum atomic E-state index is -3.69. The van der Waals surface area contributed by atoms with Crippen molar-refractivity contribution in [2.24, 2.45) is 0 Å². The summed E-state index contributed by atoms with van der Waals surface area (Å²) in [6.45, 7) is 4.95. The van der Waals surface area contributed by atoms with Crippen LogP contribution in [0.25, 0.3) is 6.08 Å². The Balaban J connectivity index is 0.00000300. The lowest BCUT2D eigenvalue weighted by molar-refractivity contribution is 0.0358. The van der Waals surface area contributed by atoms with E-state index in [1.54, 1.807) is 12.1 Å². The Morgan fingerprint density at radius 2 is 1.90 bits per heavy atom. The summed E-state index contributed by atoms with van der Waals surface area (Å²) in [5.74, 6) is 0.0375. The maximum Gasteiger partial charge on any atom is 0.199 e. The van der Waals surface area contributed by atoms with Gasteiger partial charge in [0.2, 0.25) is 0 Å². The van der Waals surface area contributed by atoms with E-state index in [0.717, 1.165) is 50.8 Å². The lowest BCUT2D eigenvalue weighted by Gasteiger charge is -2.26. The highest BCUT2D eigenvalue weighted by atomic mass is 35.5. The minimum absolute atomic E-state index is 0. The molecule has 0 atom stereocenters. The first-order valence-corrected chi connectivity index (χ1v) is 10.7. The Labute approximate surface area is 176 Å². The van der Waals surface area contributed by atoms with Gasteiger partial charge in [-0.15, -0.1) is 12.4 Å². The van der Waals surface area contributed by atoms with Gasteiger partial charge in [0.15, 0.2) is 9.84 Å². The minimum Gasteiger partial charge on any atom is -0.494 e. The van der Waals surface area contributed by atoms with Crippen molar-refractivity contribution in [1.82, 2.24) is 9.88 Å². The number of hydrogen-bond acceptors (Lipinski definition) is 6. The van der Waals surface area contributed by atoms with Crippen LogP contribution in [0.15, 0.2) is 52.9 Å². The molecular formula is C20H24ClFN2O4S. The van der Waals surface area contributed by atoms with E-state index in [1.165, 1.54) is 30.5 Å². The van der Waals surface area contributed by atoms with Crippen LogP contribution in [-0.4, -0.2) is 57.8 Å². The Morgan fingerprint density at radius 3 is 2.59 bits per heavy atom. The predicted molar refractivity (Wildman–Crippen MR) is 111 cm³/mol. The first-order valence-electron chi connectivity index (χ1n) is 9.11. The molecular weight excluding hydrogens is 419 g/mol. The van der Waals surface area contributed by atoms with E-state index >= 15 is 0 Å². The smallest absolute Gasteiger partial charge is 0.199 e. The number of aromatic nitrogens is 1. The van der Waals surface area contributed by atoms with Crippen molar-refractivity contribution in [1.29, 1.82) is 0 Å². The van der Waals surface area contributed by atoms with Crippen LogP contribution in [0.1, 0.15) is 12.1 Å². The molecule has 0 amide bonds. The normalized spacial score (nSPS) is 15.2. The molecule has 0 aliphatic carbocycles. The highest BCUT2D eigenvalue weighted by Crippen LogP contribution is 2.19. The fourth-order valence-electron chi connectivity index (χ4n) is 2.78. The fourth-order valence-corrected chi connectivity index (χ4v) is 3.76. The predicted octanol–water partition coefficient (Wildman–Crippen LogP) is 3.19. The summed E-state index contributed by atoms with van der Waals surface area (Å²) in [5.41, 5.74) is -0.0219. The second-order valence-corrected chi connectivity index (χ2v) is 8.18. The zero-order valence-corrected chi connectivity index (χ0v) is 17.5. The number of nitrogens with zero attached hydrogens (tertiary/aromatic N) is 2. The third-order valence-electron chi connectivity index (χ3n) is 4.34. The highest BCUT2D eigenvalue weighted by Gasteiger charge is 2.12. The zero-order chi connectivity index (χ0) is 19.8. The van der Waals surface area contributed by atoms with Gasteiger partial charge in [-0.2, -0.15) is 0 Å². The van der Waals surface area contributed by atoms with Crippen molar-refractivity contribution in [3.8, 4) is 5.75 Å². The van der Waals surface area contributed by atoms with Crippen molar-refractivity contribution in [3.05, 3.63) is 59.5 Å². The van der Waals surface area contributed by atoms with Gasteiger partial charge in [0, 0.05) is 31.2 Å². The average Bonchev–Trinajstić information content (AvgIpc) is 2.72. The molecule has 0 N–H and O–H groups in total. The standard InChI is InChI=1S/C20H23FN2O4S.ClH/c21-19-3-1-9-22-20(19)8-16-28(24,25)18-6-4-17(5-7-18)27-13-2-10-23-11-14-26-15-12-23;/h1,3-9,16H,2,10-15H2;1H. The fraction of sp³-hybridized carbons (Fsp3) is 0.350. The molecule has 0 saturated carbocycles. The molecule has 9 heteroatoms. The van der Waals surface area contributed by atoms with Gasteiger partial charge in [-0.3, -0.25) is 9.88 Å². The highest BCUT2D eigenvalue weighted by molar-refractivity contribution is 7.94. The molecule has 2 aromatic rings. The molecule has 0 spiro atoms. The van der Waals surface area contributed by atoms with Crippen LogP contribution in [0.5, 0.6) is 5.75 Å². The van der Waals surface area contributed by atoms with E-state index in [9.17, 15) is 12.8 Å². The Hall–Kier alpha value is -2.00. The molecule has 1 fully saturated rings. The zero-order valence-electron chi connectivity index (χ0n) is 15.9. The van der Waals surface area contributed by atoms with Crippen LogP contribution in [-0.2, 0) is 14.6 Å². The maximum atomic E-state index is 13.6. The molecule has 1 aromatic carbocycles. The van der Waals surface area contributed by atoms with Crippen LogP contribution in [0.2, 0.25) is 0 Å². The van der Waals surface area contributed by atoms with E-state index in [-0.39, 0.29) is 23.0 Å². The number of rotatable bonds is 8. The molecule has 0 unspecified atom stereocenters. The van der Waals surface area contributed by atoms with Crippen molar-refractivity contribution in [3.63, 3.8) is 0 Å². The third kappa shape index (κ3) is 7.08. The molecule has 158 valence electrons. The summed E-state index contributed by atoms with van der Waals surface area (Å²) in [5, 5.41) is 0.955. The SMILES string of the molecule is Cl.O=S(=O)(C=Cc1ncccc1F)c1ccc(OCCCN2CCOCC2)cc1. The Kier molecular flexibility index (Phi) is 9.03. The van der Waals surface area contributed by atoms with E-state index < -0.39 is 15.7 Å². The Morgan fingerprint density at radius 1 is 1.17 bits per heavy atom. The molecule has 0 radical (unpaired) electrons. The lowest BCUT2D eigenvalue weighted by Crippen LogP contribution is -2.37. The molecule has 2 heterocycles. The molecule has 0 bridgehead atoms. The van der Waals surface area contributed by atoms with Crippen LogP contribution >= 0.6 is 12.4 Å². The summed E-state index contributed by atoms with van der Waals surface area (Å²) in [4.78, 5) is 6.25. The Bertz CT molecular complexity index is 901. The number of hydrogen-bond donors (Lipinski definition) is 0. The van der Waals surface area contributed by atoms with Crippen LogP contribution < -0.4 is 4.74 Å². The summed E-state index contributed by atoms with van der Waals surface area (Å²) in [6, 6.07) is 8.87. The molecule has 1 aliphatic heterocycles. The van der Waals surface area contributed by atoms with Crippen molar-refractivity contribution in [2.45, 2.75) is 11.3 Å². The second-order valence-electron chi connectivity index (χ2n) is 6.35. The van der Waals surface area contributed by atoms with Gasteiger partial charge in [0.05, 0.1) is 30.4 Å². The lowest BCUT2D eigenvalue weighted by atomic mass is 10.3. The van der Waals surface area contributed by atoms with E-state index in [0.29, 0.717) is 12.4 Å². The van der Waals surface area contributed by atoms with Gasteiger partial charge < -0.3 is 9.47 Å². The van der Waals surface area contributed by atoms with E-state index in [2.05, 4.69) is 9.88 Å². The number of ether oxygens (including phenoxy) is 2. The van der Waals surface area contributed by atoms with Crippen molar-refractivity contribution < 1.29 is 22.3 Å². The number of pyridine rings is 1. The van der Waals surface area contributed by atoms with Gasteiger partial charge in [0.25, 0.3) is 0 Å². The van der Waals surface area contributed by atoms with E-state index in [1.807, 2.05) is 0 Å². The monoisotopic (exact) mass is 442 g/mol. The van der Waals surface area contributed by atoms with Gasteiger partial charge in [-0.1, -0.05) is 0 Å². The van der Waals surface area contributed by atoms with Gasteiger partial charge in [0.1, 0.15) is 11.6 Å². The molecule has 1 aliphatic rings. The van der Waals surface area contributed by atoms with Crippen molar-refractivity contribution >= 4 is 28.3 Å². The first kappa shape index (κ1) is 23.3. The van der Waals surface area contributed by atoms with Gasteiger partial charge >= 0.3 is 0 Å². The quantitative estimate of drug-likeness (QED) is 0.585. The molecule has 3 rings (SSSR count). The average molecular weight is 443 g/mol. The summed E-state index contributed by atoms with van der Waals surface area (Å²) in [6.07, 6.45) is 3.44. The number of halogens is 2. The molecule has 1 aromatic heterocycles. The number of morpholine rings is 1. The topological polar surface area (TPSA) is 68.7 Å².